The van der Waals surface area contributed by atoms with Gasteiger partial charge in [0.2, 0.25) is 0 Å². The fraction of sp³-hybridized carbons (Fsp3) is 0.647. The van der Waals surface area contributed by atoms with Crippen LogP contribution in [-0.4, -0.2) is 25.0 Å². The van der Waals surface area contributed by atoms with E-state index in [2.05, 4.69) is 43.1 Å². The molecule has 0 spiro atoms. The molecule has 1 aromatic rings. The second-order valence-electron chi connectivity index (χ2n) is 5.03. The average Bonchev–Trinajstić information content (AvgIpc) is 2.43. The predicted molar refractivity (Wildman–Crippen MR) is 81.3 cm³/mol. The van der Waals surface area contributed by atoms with Gasteiger partial charge in [-0.05, 0) is 56.4 Å². The molecular weight excluding hydrogens is 218 g/mol. The predicted octanol–water partition coefficient (Wildman–Crippen LogP) is 4.47. The van der Waals surface area contributed by atoms with E-state index in [0.29, 0.717) is 0 Å². The van der Waals surface area contributed by atoms with Gasteiger partial charge in [-0.2, -0.15) is 0 Å². The zero-order chi connectivity index (χ0) is 13.4. The van der Waals surface area contributed by atoms with Crippen molar-refractivity contribution in [2.45, 2.75) is 52.4 Å². The fourth-order valence-electron chi connectivity index (χ4n) is 2.75. The average molecular weight is 247 g/mol. The molecule has 1 heteroatoms. The van der Waals surface area contributed by atoms with Crippen LogP contribution >= 0.6 is 0 Å². The van der Waals surface area contributed by atoms with E-state index in [0.717, 1.165) is 5.92 Å². The second kappa shape index (κ2) is 8.31. The molecule has 0 amide bonds. The van der Waals surface area contributed by atoms with Gasteiger partial charge < -0.3 is 4.90 Å². The van der Waals surface area contributed by atoms with Crippen molar-refractivity contribution in [1.29, 1.82) is 0 Å². The molecule has 1 aliphatic heterocycles. The lowest BCUT2D eigenvalue weighted by molar-refractivity contribution is 0.255. The summed E-state index contributed by atoms with van der Waals surface area (Å²) in [6.07, 6.45) is 5.15. The minimum absolute atomic E-state index is 0.805. The maximum absolute atomic E-state index is 2.44. The maximum atomic E-state index is 2.44. The number of rotatable bonds is 3. The van der Waals surface area contributed by atoms with Gasteiger partial charge in [0.05, 0.1) is 0 Å². The highest BCUT2D eigenvalue weighted by atomic mass is 15.1. The molecule has 1 fully saturated rings. The zero-order valence-electron chi connectivity index (χ0n) is 12.6. The Labute approximate surface area is 113 Å². The van der Waals surface area contributed by atoms with Crippen molar-refractivity contribution in [3.8, 4) is 0 Å². The Morgan fingerprint density at radius 3 is 2.33 bits per heavy atom. The largest absolute Gasteiger partial charge is 0.306 e. The number of hydrogen-bond acceptors (Lipinski definition) is 1. The standard InChI is InChI=1S/C15H23N.C2H6/c1-3-6-13-7-4-5-8-15(13)14-9-11-16(2)12-10-14;1-2/h4-5,7-8,14H,3,6,9-12H2,1-2H3;1-2H3. The number of benzene rings is 1. The lowest BCUT2D eigenvalue weighted by Gasteiger charge is -2.30. The van der Waals surface area contributed by atoms with Gasteiger partial charge in [0.25, 0.3) is 0 Å². The van der Waals surface area contributed by atoms with Crippen molar-refractivity contribution in [3.63, 3.8) is 0 Å². The van der Waals surface area contributed by atoms with E-state index in [1.54, 1.807) is 11.1 Å². The molecule has 1 aromatic carbocycles. The Kier molecular flexibility index (Phi) is 7.04. The van der Waals surface area contributed by atoms with E-state index in [1.807, 2.05) is 13.8 Å². The number of hydrogen-bond donors (Lipinski definition) is 0. The summed E-state index contributed by atoms with van der Waals surface area (Å²) in [5.74, 6) is 0.805. The first kappa shape index (κ1) is 15.2. The number of aryl methyl sites for hydroxylation is 1. The first-order chi connectivity index (χ1) is 8.81. The van der Waals surface area contributed by atoms with Crippen LogP contribution in [0.25, 0.3) is 0 Å². The normalized spacial score (nSPS) is 17.1. The van der Waals surface area contributed by atoms with Crippen LogP contribution in [0.1, 0.15) is 57.1 Å². The van der Waals surface area contributed by atoms with Gasteiger partial charge in [-0.15, -0.1) is 0 Å². The highest BCUT2D eigenvalue weighted by Gasteiger charge is 2.19. The van der Waals surface area contributed by atoms with Crippen LogP contribution in [0, 0.1) is 0 Å². The van der Waals surface area contributed by atoms with Crippen LogP contribution in [-0.2, 0) is 6.42 Å². The molecule has 0 N–H and O–H groups in total. The third kappa shape index (κ3) is 4.13. The van der Waals surface area contributed by atoms with Gasteiger partial charge in [-0.1, -0.05) is 51.5 Å². The van der Waals surface area contributed by atoms with Gasteiger partial charge in [-0.25, -0.2) is 0 Å². The minimum Gasteiger partial charge on any atom is -0.306 e. The highest BCUT2D eigenvalue weighted by molar-refractivity contribution is 5.31. The smallest absolute Gasteiger partial charge is 0.00159 e. The van der Waals surface area contributed by atoms with Crippen LogP contribution in [0.3, 0.4) is 0 Å². The van der Waals surface area contributed by atoms with Gasteiger partial charge in [-0.3, -0.25) is 0 Å². The molecule has 0 radical (unpaired) electrons. The van der Waals surface area contributed by atoms with Crippen LogP contribution in [0.5, 0.6) is 0 Å². The summed E-state index contributed by atoms with van der Waals surface area (Å²) in [7, 11) is 2.23. The number of piperidine rings is 1. The molecule has 0 saturated carbocycles. The Hall–Kier alpha value is -0.820. The summed E-state index contributed by atoms with van der Waals surface area (Å²) in [4.78, 5) is 2.44. The molecule has 0 atom stereocenters. The first-order valence-electron chi connectivity index (χ1n) is 7.57. The fourth-order valence-corrected chi connectivity index (χ4v) is 2.75. The zero-order valence-corrected chi connectivity index (χ0v) is 12.6. The summed E-state index contributed by atoms with van der Waals surface area (Å²) >= 11 is 0. The lowest BCUT2D eigenvalue weighted by Crippen LogP contribution is -2.29. The molecule has 1 nitrogen and oxygen atoms in total. The Morgan fingerprint density at radius 2 is 1.72 bits per heavy atom. The number of nitrogens with zero attached hydrogens (tertiary/aromatic N) is 1. The molecule has 102 valence electrons. The second-order valence-corrected chi connectivity index (χ2v) is 5.03. The number of likely N-dealkylation sites (tertiary alicyclic amines) is 1. The van der Waals surface area contributed by atoms with E-state index in [-0.39, 0.29) is 0 Å². The first-order valence-corrected chi connectivity index (χ1v) is 7.57. The molecule has 0 aliphatic carbocycles. The summed E-state index contributed by atoms with van der Waals surface area (Å²) < 4.78 is 0. The maximum Gasteiger partial charge on any atom is -0.00159 e. The van der Waals surface area contributed by atoms with Crippen molar-refractivity contribution in [3.05, 3.63) is 35.4 Å². The molecule has 18 heavy (non-hydrogen) atoms. The van der Waals surface area contributed by atoms with Crippen LogP contribution in [0.15, 0.2) is 24.3 Å². The molecule has 1 aliphatic rings. The molecule has 2 rings (SSSR count). The van der Waals surface area contributed by atoms with Crippen molar-refractivity contribution in [1.82, 2.24) is 4.90 Å². The van der Waals surface area contributed by atoms with Crippen LogP contribution in [0.4, 0.5) is 0 Å². The Bertz CT molecular complexity index is 324. The van der Waals surface area contributed by atoms with E-state index < -0.39 is 0 Å². The molecular formula is C17H29N. The molecule has 1 saturated heterocycles. The van der Waals surface area contributed by atoms with Crippen molar-refractivity contribution >= 4 is 0 Å². The Balaban J connectivity index is 0.000000771. The quantitative estimate of drug-likeness (QED) is 0.761. The van der Waals surface area contributed by atoms with Crippen LogP contribution in [0.2, 0.25) is 0 Å². The van der Waals surface area contributed by atoms with E-state index >= 15 is 0 Å². The van der Waals surface area contributed by atoms with Crippen molar-refractivity contribution < 1.29 is 0 Å². The van der Waals surface area contributed by atoms with E-state index in [4.69, 9.17) is 0 Å². The lowest BCUT2D eigenvalue weighted by atomic mass is 9.85. The highest BCUT2D eigenvalue weighted by Crippen LogP contribution is 2.30. The van der Waals surface area contributed by atoms with E-state index in [9.17, 15) is 0 Å². The summed E-state index contributed by atoms with van der Waals surface area (Å²) in [5.41, 5.74) is 3.21. The summed E-state index contributed by atoms with van der Waals surface area (Å²) in [5, 5.41) is 0. The molecule has 0 unspecified atom stereocenters. The molecule has 1 heterocycles. The van der Waals surface area contributed by atoms with Crippen LogP contribution < -0.4 is 0 Å². The Morgan fingerprint density at radius 1 is 1.11 bits per heavy atom. The van der Waals surface area contributed by atoms with Gasteiger partial charge in [0.1, 0.15) is 0 Å². The van der Waals surface area contributed by atoms with E-state index in [1.165, 1.54) is 38.8 Å². The van der Waals surface area contributed by atoms with Gasteiger partial charge in [0, 0.05) is 0 Å². The minimum atomic E-state index is 0.805. The third-order valence-electron chi connectivity index (χ3n) is 3.73. The molecule has 0 bridgehead atoms. The topological polar surface area (TPSA) is 3.24 Å². The molecule has 0 aromatic heterocycles. The third-order valence-corrected chi connectivity index (χ3v) is 3.73. The van der Waals surface area contributed by atoms with Gasteiger partial charge >= 0.3 is 0 Å². The summed E-state index contributed by atoms with van der Waals surface area (Å²) in [6.45, 7) is 8.78. The van der Waals surface area contributed by atoms with Crippen molar-refractivity contribution in [2.24, 2.45) is 0 Å². The van der Waals surface area contributed by atoms with Crippen molar-refractivity contribution in [2.75, 3.05) is 20.1 Å². The SMILES string of the molecule is CC.CCCc1ccccc1C1CCN(C)CC1. The monoisotopic (exact) mass is 247 g/mol. The summed E-state index contributed by atoms with van der Waals surface area (Å²) in [6, 6.07) is 9.05. The van der Waals surface area contributed by atoms with Gasteiger partial charge in [0.15, 0.2) is 0 Å².